The average molecular weight is 193 g/mol. The number of hydrogen-bond acceptors (Lipinski definition) is 1. The molecule has 0 atom stereocenters. The molecular formula is C5H9BrN2O. The van der Waals surface area contributed by atoms with E-state index in [1.165, 1.54) is 0 Å². The topological polar surface area (TPSA) is 41.1 Å². The van der Waals surface area contributed by atoms with Gasteiger partial charge >= 0.3 is 6.03 Å². The zero-order valence-corrected chi connectivity index (χ0v) is 6.79. The van der Waals surface area contributed by atoms with Gasteiger partial charge < -0.3 is 10.6 Å². The summed E-state index contributed by atoms with van der Waals surface area (Å²) >= 11 is 3.10. The lowest BCUT2D eigenvalue weighted by Crippen LogP contribution is -2.33. The summed E-state index contributed by atoms with van der Waals surface area (Å²) in [4.78, 5) is 10.4. The van der Waals surface area contributed by atoms with Gasteiger partial charge in [0.2, 0.25) is 0 Å². The molecule has 0 rings (SSSR count). The molecule has 0 aromatic rings. The number of nitrogens with one attached hydrogen (secondary N) is 2. The molecule has 4 heteroatoms. The van der Waals surface area contributed by atoms with Crippen molar-refractivity contribution in [2.24, 2.45) is 0 Å². The van der Waals surface area contributed by atoms with E-state index in [1.807, 2.05) is 0 Å². The Labute approximate surface area is 62.6 Å². The number of rotatable bonds is 2. The Kier molecular flexibility index (Phi) is 4.13. The van der Waals surface area contributed by atoms with E-state index in [4.69, 9.17) is 0 Å². The molecule has 0 aromatic carbocycles. The molecule has 0 saturated heterocycles. The van der Waals surface area contributed by atoms with Crippen LogP contribution in [-0.2, 0) is 0 Å². The zero-order chi connectivity index (χ0) is 7.28. The summed E-state index contributed by atoms with van der Waals surface area (Å²) in [6.45, 7) is 3.99. The van der Waals surface area contributed by atoms with Gasteiger partial charge in [-0.25, -0.2) is 4.79 Å². The van der Waals surface area contributed by atoms with Gasteiger partial charge in [0.25, 0.3) is 0 Å². The van der Waals surface area contributed by atoms with Crippen LogP contribution in [0, 0.1) is 0 Å². The molecule has 0 radical (unpaired) electrons. The Morgan fingerprint density at radius 3 is 2.67 bits per heavy atom. The first-order chi connectivity index (χ1) is 4.16. The fraction of sp³-hybridized carbons (Fsp3) is 0.400. The summed E-state index contributed by atoms with van der Waals surface area (Å²) in [7, 11) is 1.56. The van der Waals surface area contributed by atoms with Gasteiger partial charge in [0, 0.05) is 11.5 Å². The van der Waals surface area contributed by atoms with Crippen LogP contribution in [0.25, 0.3) is 0 Å². The van der Waals surface area contributed by atoms with Crippen molar-refractivity contribution in [2.45, 2.75) is 0 Å². The molecule has 0 saturated carbocycles. The predicted octanol–water partition coefficient (Wildman–Crippen LogP) is 0.824. The van der Waals surface area contributed by atoms with Crippen molar-refractivity contribution in [3.63, 3.8) is 0 Å². The van der Waals surface area contributed by atoms with Crippen LogP contribution in [0.1, 0.15) is 0 Å². The number of carbonyl (C=O) groups is 1. The number of carbonyl (C=O) groups excluding carboxylic acids is 1. The van der Waals surface area contributed by atoms with E-state index in [9.17, 15) is 4.79 Å². The standard InChI is InChI=1S/C5H9BrN2O/c1-4(6)3-8-5(9)7-2/h1,3H2,2H3,(H2,7,8,9). The third kappa shape index (κ3) is 5.36. The Morgan fingerprint density at radius 2 is 2.33 bits per heavy atom. The Bertz CT molecular complexity index is 124. The molecule has 9 heavy (non-hydrogen) atoms. The number of hydrogen-bond donors (Lipinski definition) is 2. The van der Waals surface area contributed by atoms with Crippen molar-refractivity contribution in [1.29, 1.82) is 0 Å². The minimum Gasteiger partial charge on any atom is -0.341 e. The Hall–Kier alpha value is -0.510. The van der Waals surface area contributed by atoms with Crippen LogP contribution in [0.5, 0.6) is 0 Å². The van der Waals surface area contributed by atoms with E-state index >= 15 is 0 Å². The van der Waals surface area contributed by atoms with Gasteiger partial charge in [0.1, 0.15) is 0 Å². The summed E-state index contributed by atoms with van der Waals surface area (Å²) in [5.74, 6) is 0. The molecule has 3 nitrogen and oxygen atoms in total. The van der Waals surface area contributed by atoms with Crippen LogP contribution in [0.15, 0.2) is 11.1 Å². The van der Waals surface area contributed by atoms with Crippen molar-refractivity contribution in [2.75, 3.05) is 13.6 Å². The van der Waals surface area contributed by atoms with Crippen molar-refractivity contribution >= 4 is 22.0 Å². The fourth-order valence-electron chi connectivity index (χ4n) is 0.265. The van der Waals surface area contributed by atoms with Gasteiger partial charge in [-0.3, -0.25) is 0 Å². The van der Waals surface area contributed by atoms with Gasteiger partial charge in [-0.1, -0.05) is 22.5 Å². The molecule has 0 heterocycles. The molecule has 0 fully saturated rings. The van der Waals surface area contributed by atoms with Crippen molar-refractivity contribution in [3.8, 4) is 0 Å². The maximum Gasteiger partial charge on any atom is 0.314 e. The van der Waals surface area contributed by atoms with E-state index in [0.29, 0.717) is 6.54 Å². The average Bonchev–Trinajstić information content (AvgIpc) is 1.83. The summed E-state index contributed by atoms with van der Waals surface area (Å²) in [6, 6.07) is -0.199. The second-order valence-corrected chi connectivity index (χ2v) is 2.57. The summed E-state index contributed by atoms with van der Waals surface area (Å²) in [5, 5.41) is 4.94. The minimum atomic E-state index is -0.199. The largest absolute Gasteiger partial charge is 0.341 e. The molecule has 2 amide bonds. The minimum absolute atomic E-state index is 0.199. The van der Waals surface area contributed by atoms with E-state index < -0.39 is 0 Å². The molecule has 0 aromatic heterocycles. The lowest BCUT2D eigenvalue weighted by Gasteiger charge is -2.00. The molecule has 0 aliphatic rings. The number of urea groups is 1. The van der Waals surface area contributed by atoms with Gasteiger partial charge in [0.05, 0.1) is 6.54 Å². The van der Waals surface area contributed by atoms with E-state index in [0.717, 1.165) is 4.48 Å². The van der Waals surface area contributed by atoms with Crippen LogP contribution in [0.4, 0.5) is 4.79 Å². The molecule has 0 aliphatic heterocycles. The monoisotopic (exact) mass is 192 g/mol. The Balaban J connectivity index is 3.28. The first kappa shape index (κ1) is 8.49. The first-order valence-corrected chi connectivity index (χ1v) is 3.25. The third-order valence-electron chi connectivity index (χ3n) is 0.668. The maximum absolute atomic E-state index is 10.4. The van der Waals surface area contributed by atoms with Crippen LogP contribution in [0.2, 0.25) is 0 Å². The summed E-state index contributed by atoms with van der Waals surface area (Å²) < 4.78 is 0.756. The predicted molar refractivity (Wildman–Crippen MR) is 40.5 cm³/mol. The molecule has 0 bridgehead atoms. The van der Waals surface area contributed by atoms with Gasteiger partial charge in [-0.05, 0) is 0 Å². The highest BCUT2D eigenvalue weighted by Crippen LogP contribution is 1.95. The molecule has 0 unspecified atom stereocenters. The fourth-order valence-corrected chi connectivity index (χ4v) is 0.405. The quantitative estimate of drug-likeness (QED) is 0.669. The van der Waals surface area contributed by atoms with Crippen molar-refractivity contribution in [1.82, 2.24) is 10.6 Å². The molecule has 52 valence electrons. The SMILES string of the molecule is C=C(Br)CNC(=O)NC. The van der Waals surface area contributed by atoms with Gasteiger partial charge in [0.15, 0.2) is 0 Å². The van der Waals surface area contributed by atoms with Gasteiger partial charge in [-0.15, -0.1) is 0 Å². The van der Waals surface area contributed by atoms with Gasteiger partial charge in [-0.2, -0.15) is 0 Å². The smallest absolute Gasteiger partial charge is 0.314 e. The van der Waals surface area contributed by atoms with Crippen LogP contribution in [0.3, 0.4) is 0 Å². The zero-order valence-electron chi connectivity index (χ0n) is 5.20. The first-order valence-electron chi connectivity index (χ1n) is 2.45. The summed E-state index contributed by atoms with van der Waals surface area (Å²) in [6.07, 6.45) is 0. The van der Waals surface area contributed by atoms with Crippen molar-refractivity contribution in [3.05, 3.63) is 11.1 Å². The molecule has 0 spiro atoms. The maximum atomic E-state index is 10.4. The lowest BCUT2D eigenvalue weighted by molar-refractivity contribution is 0.244. The number of amides is 2. The molecule has 0 aliphatic carbocycles. The second-order valence-electron chi connectivity index (χ2n) is 1.45. The van der Waals surface area contributed by atoms with E-state index in [2.05, 4.69) is 33.1 Å². The highest BCUT2D eigenvalue weighted by molar-refractivity contribution is 9.11. The normalized spacial score (nSPS) is 8.22. The highest BCUT2D eigenvalue weighted by atomic mass is 79.9. The van der Waals surface area contributed by atoms with Crippen LogP contribution < -0.4 is 10.6 Å². The summed E-state index contributed by atoms with van der Waals surface area (Å²) in [5.41, 5.74) is 0. The Morgan fingerprint density at radius 1 is 1.78 bits per heavy atom. The second kappa shape index (κ2) is 4.38. The van der Waals surface area contributed by atoms with Crippen LogP contribution in [-0.4, -0.2) is 19.6 Å². The number of halogens is 1. The molecule has 2 N–H and O–H groups in total. The third-order valence-corrected chi connectivity index (χ3v) is 0.948. The highest BCUT2D eigenvalue weighted by Gasteiger charge is 1.92. The molecular weight excluding hydrogens is 184 g/mol. The van der Waals surface area contributed by atoms with E-state index in [-0.39, 0.29) is 6.03 Å². The van der Waals surface area contributed by atoms with E-state index in [1.54, 1.807) is 7.05 Å². The lowest BCUT2D eigenvalue weighted by atomic mass is 10.6. The van der Waals surface area contributed by atoms with Crippen LogP contribution >= 0.6 is 15.9 Å². The van der Waals surface area contributed by atoms with Crippen molar-refractivity contribution < 1.29 is 4.79 Å².